The van der Waals surface area contributed by atoms with Gasteiger partial charge in [0.25, 0.3) is 0 Å². The van der Waals surface area contributed by atoms with E-state index < -0.39 is 23.3 Å². The molecule has 1 saturated carbocycles. The minimum absolute atomic E-state index is 0.0197. The molecule has 14 heteroatoms. The summed E-state index contributed by atoms with van der Waals surface area (Å²) < 4.78 is 50.2. The predicted octanol–water partition coefficient (Wildman–Crippen LogP) is 6.40. The number of fused-ring (bicyclic) bond motifs is 2. The number of carbonyl (C=O) groups excluding carboxylic acids is 2. The Kier molecular flexibility index (Phi) is 8.74. The Morgan fingerprint density at radius 2 is 1.86 bits per heavy atom. The Bertz CT molecular complexity index is 1960. The highest BCUT2D eigenvalue weighted by molar-refractivity contribution is 7.18. The molecule has 1 aliphatic carbocycles. The van der Waals surface area contributed by atoms with Gasteiger partial charge < -0.3 is 24.4 Å². The lowest BCUT2D eigenvalue weighted by molar-refractivity contribution is -0.133. The standard InChI is InChI=1S/C36H42F2N6O5S/c1-20-26-15-25(41-44(26)9-8-43(20)34(46)49-35(2,3)4)30-29(28-24(38)13-22(37)14-27(28)48-11-10-47-6)31-23(7-12-50-31)32(40-30)42-18-36(19-42)16-21(17-36)33(45)39-5/h7,12-15,20-21H,8-11,16-19H2,1-6H3,(H,39,45)/t20-/m1/s1. The second-order valence-corrected chi connectivity index (χ2v) is 15.4. The monoisotopic (exact) mass is 708 g/mol. The molecule has 266 valence electrons. The van der Waals surface area contributed by atoms with Crippen LogP contribution in [0.25, 0.3) is 32.6 Å². The van der Waals surface area contributed by atoms with Gasteiger partial charge in [0.05, 0.1) is 30.5 Å². The van der Waals surface area contributed by atoms with Gasteiger partial charge in [0, 0.05) is 72.9 Å². The van der Waals surface area contributed by atoms with Gasteiger partial charge in [0.2, 0.25) is 5.91 Å². The number of thiophene rings is 1. The third kappa shape index (κ3) is 6.06. The van der Waals surface area contributed by atoms with Crippen LogP contribution in [0.4, 0.5) is 19.4 Å². The Labute approximate surface area is 293 Å². The van der Waals surface area contributed by atoms with E-state index in [1.807, 2.05) is 49.9 Å². The summed E-state index contributed by atoms with van der Waals surface area (Å²) in [5, 5.41) is 10.5. The van der Waals surface area contributed by atoms with Crippen molar-refractivity contribution in [2.24, 2.45) is 11.3 Å². The number of hydrogen-bond acceptors (Lipinski definition) is 9. The molecule has 2 fully saturated rings. The van der Waals surface area contributed by atoms with Crippen molar-refractivity contribution in [3.63, 3.8) is 0 Å². The highest BCUT2D eigenvalue weighted by Crippen LogP contribution is 2.55. The fourth-order valence-corrected chi connectivity index (χ4v) is 8.49. The second kappa shape index (κ2) is 12.8. The predicted molar refractivity (Wildman–Crippen MR) is 186 cm³/mol. The van der Waals surface area contributed by atoms with E-state index in [2.05, 4.69) is 10.2 Å². The van der Waals surface area contributed by atoms with Gasteiger partial charge in [-0.3, -0.25) is 14.4 Å². The molecule has 0 radical (unpaired) electrons. The van der Waals surface area contributed by atoms with Crippen LogP contribution in [0.5, 0.6) is 5.75 Å². The summed E-state index contributed by atoms with van der Waals surface area (Å²) in [7, 11) is 3.20. The van der Waals surface area contributed by atoms with Crippen molar-refractivity contribution in [1.82, 2.24) is 25.0 Å². The molecule has 3 aliphatic rings. The van der Waals surface area contributed by atoms with Crippen molar-refractivity contribution in [3.8, 4) is 28.3 Å². The van der Waals surface area contributed by atoms with E-state index in [-0.39, 0.29) is 47.8 Å². The van der Waals surface area contributed by atoms with Gasteiger partial charge in [0.15, 0.2) is 0 Å². The Hall–Kier alpha value is -4.30. The zero-order valence-corrected chi connectivity index (χ0v) is 30.0. The van der Waals surface area contributed by atoms with Gasteiger partial charge in [-0.05, 0) is 58.0 Å². The lowest BCUT2D eigenvalue weighted by atomic mass is 9.57. The molecule has 1 N–H and O–H groups in total. The van der Waals surface area contributed by atoms with Crippen molar-refractivity contribution in [3.05, 3.63) is 47.0 Å². The smallest absolute Gasteiger partial charge is 0.410 e. The molecule has 5 heterocycles. The summed E-state index contributed by atoms with van der Waals surface area (Å²) in [6.45, 7) is 10.1. The first-order valence-electron chi connectivity index (χ1n) is 16.9. The number of anilines is 1. The van der Waals surface area contributed by atoms with Crippen LogP contribution in [0.1, 0.15) is 52.3 Å². The summed E-state index contributed by atoms with van der Waals surface area (Å²) in [5.74, 6) is -0.668. The molecule has 7 rings (SSSR count). The van der Waals surface area contributed by atoms with Crippen LogP contribution in [0.2, 0.25) is 0 Å². The van der Waals surface area contributed by atoms with E-state index in [0.717, 1.165) is 53.6 Å². The minimum atomic E-state index is -0.783. The zero-order chi connectivity index (χ0) is 35.5. The Morgan fingerprint density at radius 3 is 2.56 bits per heavy atom. The molecule has 0 unspecified atom stereocenters. The summed E-state index contributed by atoms with van der Waals surface area (Å²) in [6, 6.07) is 5.54. The first-order valence-corrected chi connectivity index (χ1v) is 17.8. The number of pyridine rings is 1. The van der Waals surface area contributed by atoms with Crippen LogP contribution >= 0.6 is 11.3 Å². The number of rotatable bonds is 8. The topological polar surface area (TPSA) is 111 Å². The number of nitrogens with one attached hydrogen (secondary N) is 1. The van der Waals surface area contributed by atoms with E-state index in [9.17, 15) is 14.0 Å². The van der Waals surface area contributed by atoms with Gasteiger partial charge in [-0.15, -0.1) is 11.3 Å². The molecule has 11 nitrogen and oxygen atoms in total. The van der Waals surface area contributed by atoms with E-state index in [1.165, 1.54) is 24.5 Å². The molecule has 2 amide bonds. The lowest BCUT2D eigenvalue weighted by Gasteiger charge is -2.59. The normalized spacial score (nSPS) is 18.5. The Morgan fingerprint density at radius 1 is 1.10 bits per heavy atom. The average Bonchev–Trinajstić information content (AvgIpc) is 3.67. The van der Waals surface area contributed by atoms with E-state index in [0.29, 0.717) is 30.0 Å². The fourth-order valence-electron chi connectivity index (χ4n) is 7.54. The number of aromatic nitrogens is 3. The molecule has 1 saturated heterocycles. The Balaban J connectivity index is 1.34. The van der Waals surface area contributed by atoms with Crippen LogP contribution in [0, 0.1) is 23.0 Å². The summed E-state index contributed by atoms with van der Waals surface area (Å²) in [6.07, 6.45) is 1.24. The third-order valence-corrected chi connectivity index (χ3v) is 10.8. The maximum atomic E-state index is 16.1. The SMILES string of the molecule is CNC(=O)C1CC2(C1)CN(c1nc(-c3cc4n(n3)CCN(C(=O)OC(C)(C)C)[C@@H]4C)c(-c3c(F)cc(F)cc3OCCOC)c3sccc13)C2. The number of carbonyl (C=O) groups is 2. The van der Waals surface area contributed by atoms with Crippen LogP contribution in [-0.4, -0.2) is 84.3 Å². The molecule has 1 aromatic carbocycles. The molecular formula is C36H42F2N6O5S. The molecular weight excluding hydrogens is 666 g/mol. The number of halogens is 2. The van der Waals surface area contributed by atoms with Gasteiger partial charge in [-0.1, -0.05) is 0 Å². The summed E-state index contributed by atoms with van der Waals surface area (Å²) >= 11 is 1.44. The van der Waals surface area contributed by atoms with Gasteiger partial charge in [-0.2, -0.15) is 5.10 Å². The number of benzene rings is 1. The minimum Gasteiger partial charge on any atom is -0.490 e. The summed E-state index contributed by atoms with van der Waals surface area (Å²) in [5.41, 5.74) is 1.65. The maximum absolute atomic E-state index is 16.1. The molecule has 2 aliphatic heterocycles. The third-order valence-electron chi connectivity index (χ3n) is 9.86. The molecule has 1 atom stereocenters. The van der Waals surface area contributed by atoms with Crippen molar-refractivity contribution >= 4 is 39.2 Å². The first kappa shape index (κ1) is 34.2. The van der Waals surface area contributed by atoms with E-state index in [1.54, 1.807) is 11.9 Å². The molecule has 1 spiro atoms. The van der Waals surface area contributed by atoms with Gasteiger partial charge in [-0.25, -0.2) is 18.6 Å². The molecule has 0 bridgehead atoms. The van der Waals surface area contributed by atoms with Crippen molar-refractivity contribution in [1.29, 1.82) is 0 Å². The fraction of sp³-hybridized carbons (Fsp3) is 0.500. The number of ether oxygens (including phenoxy) is 3. The summed E-state index contributed by atoms with van der Waals surface area (Å²) in [4.78, 5) is 34.5. The second-order valence-electron chi connectivity index (χ2n) is 14.5. The van der Waals surface area contributed by atoms with Crippen LogP contribution in [0.3, 0.4) is 0 Å². The maximum Gasteiger partial charge on any atom is 0.410 e. The van der Waals surface area contributed by atoms with Crippen LogP contribution < -0.4 is 15.0 Å². The van der Waals surface area contributed by atoms with Gasteiger partial charge >= 0.3 is 6.09 Å². The number of hydrogen-bond donors (Lipinski definition) is 1. The molecule has 4 aromatic rings. The zero-order valence-electron chi connectivity index (χ0n) is 29.1. The first-order chi connectivity index (χ1) is 23.8. The lowest BCUT2D eigenvalue weighted by Crippen LogP contribution is -2.64. The van der Waals surface area contributed by atoms with Crippen molar-refractivity contribution in [2.75, 3.05) is 51.9 Å². The quantitative estimate of drug-likeness (QED) is 0.210. The molecule has 3 aromatic heterocycles. The highest BCUT2D eigenvalue weighted by atomic mass is 32.1. The van der Waals surface area contributed by atoms with Gasteiger partial charge in [0.1, 0.15) is 46.8 Å². The highest BCUT2D eigenvalue weighted by Gasteiger charge is 2.55. The van der Waals surface area contributed by atoms with Crippen LogP contribution in [0.15, 0.2) is 29.6 Å². The number of nitrogens with zero attached hydrogens (tertiary/aromatic N) is 5. The number of amides is 2. The van der Waals surface area contributed by atoms with Crippen molar-refractivity contribution in [2.45, 2.75) is 58.7 Å². The number of methoxy groups -OCH3 is 1. The van der Waals surface area contributed by atoms with Crippen molar-refractivity contribution < 1.29 is 32.6 Å². The van der Waals surface area contributed by atoms with E-state index >= 15 is 4.39 Å². The molecule has 50 heavy (non-hydrogen) atoms. The van der Waals surface area contributed by atoms with Crippen LogP contribution in [-0.2, 0) is 20.8 Å². The van der Waals surface area contributed by atoms with E-state index in [4.69, 9.17) is 24.3 Å². The average molecular weight is 709 g/mol. The largest absolute Gasteiger partial charge is 0.490 e.